The Bertz CT molecular complexity index is 1410. The molecule has 12 heteroatoms. The number of halogens is 1. The number of aryl methyl sites for hydroxylation is 2. The van der Waals surface area contributed by atoms with E-state index in [1.165, 1.54) is 16.9 Å². The van der Waals surface area contributed by atoms with Crippen LogP contribution in [0.1, 0.15) is 37.6 Å². The van der Waals surface area contributed by atoms with E-state index in [2.05, 4.69) is 37.0 Å². The molecular formula is C24H23FN8O3. The number of nitrogens with one attached hydrogen (secondary N) is 2. The van der Waals surface area contributed by atoms with E-state index in [-0.39, 0.29) is 17.6 Å². The molecule has 3 aromatic rings. The third-order valence-corrected chi connectivity index (χ3v) is 5.99. The minimum Gasteiger partial charge on any atom is -0.441 e. The normalized spacial score (nSPS) is 15.5. The summed E-state index contributed by atoms with van der Waals surface area (Å²) in [5, 5.41) is 22.4. The summed E-state index contributed by atoms with van der Waals surface area (Å²) in [6.45, 7) is 5.08. The van der Waals surface area contributed by atoms with Gasteiger partial charge in [-0.1, -0.05) is 5.21 Å². The SMILES string of the molecule is CC1=C(C#N)CC1C(=O)Nc1ccc(-c2nnn(C)c2NC(=O)OC(C)c2cc(F)cnc2C)nc1. The predicted octanol–water partition coefficient (Wildman–Crippen LogP) is 3.83. The summed E-state index contributed by atoms with van der Waals surface area (Å²) in [5.41, 5.74) is 3.59. The zero-order chi connectivity index (χ0) is 26.0. The van der Waals surface area contributed by atoms with Crippen molar-refractivity contribution in [1.82, 2.24) is 25.0 Å². The molecule has 11 nitrogen and oxygen atoms in total. The van der Waals surface area contributed by atoms with E-state index in [4.69, 9.17) is 10.00 Å². The molecule has 2 N–H and O–H groups in total. The number of hydrogen-bond donors (Lipinski definition) is 2. The molecule has 2 amide bonds. The Hall–Kier alpha value is -4.66. The number of nitriles is 1. The molecule has 184 valence electrons. The first-order valence-corrected chi connectivity index (χ1v) is 11.0. The Kier molecular flexibility index (Phi) is 6.73. The zero-order valence-corrected chi connectivity index (χ0v) is 20.0. The summed E-state index contributed by atoms with van der Waals surface area (Å²) in [4.78, 5) is 33.3. The van der Waals surface area contributed by atoms with Crippen LogP contribution >= 0.6 is 0 Å². The third kappa shape index (κ3) is 4.90. The minimum absolute atomic E-state index is 0.205. The average molecular weight is 490 g/mol. The summed E-state index contributed by atoms with van der Waals surface area (Å²) in [5.74, 6) is -0.815. The van der Waals surface area contributed by atoms with Crippen molar-refractivity contribution < 1.29 is 18.7 Å². The number of hydrogen-bond acceptors (Lipinski definition) is 8. The van der Waals surface area contributed by atoms with Crippen molar-refractivity contribution in [3.8, 4) is 17.5 Å². The van der Waals surface area contributed by atoms with Gasteiger partial charge in [0.2, 0.25) is 5.91 Å². The fourth-order valence-electron chi connectivity index (χ4n) is 3.81. The lowest BCUT2D eigenvalue weighted by atomic mass is 9.78. The summed E-state index contributed by atoms with van der Waals surface area (Å²) < 4.78 is 20.3. The Morgan fingerprint density at radius 2 is 2.03 bits per heavy atom. The van der Waals surface area contributed by atoms with Gasteiger partial charge in [-0.3, -0.25) is 20.1 Å². The van der Waals surface area contributed by atoms with Gasteiger partial charge in [0.1, 0.15) is 11.9 Å². The molecule has 36 heavy (non-hydrogen) atoms. The maximum absolute atomic E-state index is 13.6. The van der Waals surface area contributed by atoms with E-state index in [9.17, 15) is 14.0 Å². The predicted molar refractivity (Wildman–Crippen MR) is 127 cm³/mol. The second kappa shape index (κ2) is 9.91. The summed E-state index contributed by atoms with van der Waals surface area (Å²) in [6.07, 6.45) is 1.45. The number of amides is 2. The van der Waals surface area contributed by atoms with Crippen molar-refractivity contribution in [3.63, 3.8) is 0 Å². The van der Waals surface area contributed by atoms with Crippen LogP contribution in [0, 0.1) is 30.0 Å². The van der Waals surface area contributed by atoms with E-state index >= 15 is 0 Å². The van der Waals surface area contributed by atoms with Crippen LogP contribution in [0.15, 0.2) is 41.7 Å². The fraction of sp³-hybridized carbons (Fsp3) is 0.292. The third-order valence-electron chi connectivity index (χ3n) is 5.99. The van der Waals surface area contributed by atoms with Crippen LogP contribution in [-0.2, 0) is 16.6 Å². The maximum atomic E-state index is 13.6. The van der Waals surface area contributed by atoms with Crippen molar-refractivity contribution in [3.05, 3.63) is 58.8 Å². The molecule has 2 atom stereocenters. The lowest BCUT2D eigenvalue weighted by Crippen LogP contribution is -2.30. The van der Waals surface area contributed by atoms with Crippen LogP contribution < -0.4 is 10.6 Å². The van der Waals surface area contributed by atoms with Gasteiger partial charge in [-0.25, -0.2) is 13.9 Å². The Balaban J connectivity index is 1.43. The van der Waals surface area contributed by atoms with Gasteiger partial charge in [0.05, 0.1) is 35.8 Å². The average Bonchev–Trinajstić information content (AvgIpc) is 3.20. The molecule has 2 unspecified atom stereocenters. The largest absolute Gasteiger partial charge is 0.441 e. The minimum atomic E-state index is -0.789. The molecule has 0 bridgehead atoms. The van der Waals surface area contributed by atoms with Gasteiger partial charge in [-0.2, -0.15) is 5.26 Å². The Morgan fingerprint density at radius 1 is 1.25 bits per heavy atom. The maximum Gasteiger partial charge on any atom is 0.413 e. The fourth-order valence-corrected chi connectivity index (χ4v) is 3.81. The number of ether oxygens (including phenoxy) is 1. The molecule has 0 radical (unpaired) electrons. The number of anilines is 2. The second-order valence-corrected chi connectivity index (χ2v) is 8.36. The number of aromatic nitrogens is 5. The van der Waals surface area contributed by atoms with E-state index in [1.807, 2.05) is 0 Å². The van der Waals surface area contributed by atoms with Gasteiger partial charge in [0.15, 0.2) is 11.5 Å². The molecule has 0 aromatic carbocycles. The highest BCUT2D eigenvalue weighted by Crippen LogP contribution is 2.34. The zero-order valence-electron chi connectivity index (χ0n) is 20.0. The van der Waals surface area contributed by atoms with Crippen LogP contribution in [0.4, 0.5) is 20.7 Å². The van der Waals surface area contributed by atoms with Crippen molar-refractivity contribution in [2.24, 2.45) is 13.0 Å². The van der Waals surface area contributed by atoms with Crippen molar-refractivity contribution >= 4 is 23.5 Å². The van der Waals surface area contributed by atoms with Gasteiger partial charge in [-0.15, -0.1) is 5.10 Å². The van der Waals surface area contributed by atoms with E-state index in [1.54, 1.807) is 40.0 Å². The summed E-state index contributed by atoms with van der Waals surface area (Å²) in [7, 11) is 1.59. The first kappa shape index (κ1) is 24.5. The number of carbonyl (C=O) groups excluding carboxylic acids is 2. The molecule has 3 heterocycles. The standard InChI is InChI=1S/C24H23FN8O3/c1-12-15(9-26)7-18(12)23(34)29-17-5-6-20(28-11-17)21-22(33(4)32-31-21)30-24(35)36-14(3)19-8-16(25)10-27-13(19)2/h5-6,8,10-11,14,18H,7H2,1-4H3,(H,29,34)(H,30,35). The molecule has 3 aromatic heterocycles. The first-order chi connectivity index (χ1) is 17.2. The van der Waals surface area contributed by atoms with Crippen LogP contribution in [0.25, 0.3) is 11.4 Å². The first-order valence-electron chi connectivity index (χ1n) is 11.0. The monoisotopic (exact) mass is 490 g/mol. The van der Waals surface area contributed by atoms with Crippen LogP contribution in [0.3, 0.4) is 0 Å². The number of pyridine rings is 2. The van der Waals surface area contributed by atoms with Crippen molar-refractivity contribution in [1.29, 1.82) is 5.26 Å². The highest BCUT2D eigenvalue weighted by Gasteiger charge is 2.32. The number of nitrogens with zero attached hydrogens (tertiary/aromatic N) is 6. The molecule has 0 aliphatic heterocycles. The highest BCUT2D eigenvalue weighted by molar-refractivity contribution is 5.96. The number of carbonyl (C=O) groups is 2. The molecule has 0 saturated carbocycles. The molecule has 4 rings (SSSR count). The number of rotatable bonds is 6. The molecule has 0 fully saturated rings. The summed E-state index contributed by atoms with van der Waals surface area (Å²) in [6, 6.07) is 6.64. The van der Waals surface area contributed by atoms with E-state index in [0.29, 0.717) is 40.3 Å². The number of allylic oxidation sites excluding steroid dienone is 1. The van der Waals surface area contributed by atoms with Gasteiger partial charge in [0, 0.05) is 23.9 Å². The molecule has 1 aliphatic carbocycles. The Labute approximate surface area is 206 Å². The summed E-state index contributed by atoms with van der Waals surface area (Å²) >= 11 is 0. The Morgan fingerprint density at radius 3 is 2.69 bits per heavy atom. The van der Waals surface area contributed by atoms with E-state index in [0.717, 1.165) is 11.8 Å². The van der Waals surface area contributed by atoms with Crippen LogP contribution in [-0.4, -0.2) is 37.0 Å². The molecule has 1 aliphatic rings. The lowest BCUT2D eigenvalue weighted by Gasteiger charge is -2.26. The quantitative estimate of drug-likeness (QED) is 0.530. The highest BCUT2D eigenvalue weighted by atomic mass is 19.1. The second-order valence-electron chi connectivity index (χ2n) is 8.36. The van der Waals surface area contributed by atoms with Crippen molar-refractivity contribution in [2.75, 3.05) is 10.6 Å². The topological polar surface area (TPSA) is 148 Å². The molecule has 0 saturated heterocycles. The van der Waals surface area contributed by atoms with Crippen molar-refractivity contribution in [2.45, 2.75) is 33.3 Å². The van der Waals surface area contributed by atoms with E-state index < -0.39 is 18.0 Å². The lowest BCUT2D eigenvalue weighted by molar-refractivity contribution is -0.119. The van der Waals surface area contributed by atoms with Gasteiger partial charge in [-0.05, 0) is 51.0 Å². The molecule has 0 spiro atoms. The smallest absolute Gasteiger partial charge is 0.413 e. The van der Waals surface area contributed by atoms with Gasteiger partial charge < -0.3 is 10.1 Å². The molecular weight excluding hydrogens is 467 g/mol. The van der Waals surface area contributed by atoms with Crippen LogP contribution in [0.2, 0.25) is 0 Å². The van der Waals surface area contributed by atoms with Crippen LogP contribution in [0.5, 0.6) is 0 Å². The van der Waals surface area contributed by atoms with Gasteiger partial charge in [0.25, 0.3) is 0 Å². The van der Waals surface area contributed by atoms with Gasteiger partial charge >= 0.3 is 6.09 Å².